The molecule has 0 aliphatic carbocycles. The zero-order chi connectivity index (χ0) is 13.7. The summed E-state index contributed by atoms with van der Waals surface area (Å²) < 4.78 is 18.4. The standard InChI is InChI=1S/C14H19FN2O2/c1-11(18)16-8-14-10-17(6-7-19-14)9-12-2-4-13(15)5-3-12/h2-5,14H,6-10H2,1H3,(H,16,18)/t14-/m1/s1. The highest BCUT2D eigenvalue weighted by molar-refractivity contribution is 5.72. The second kappa shape index (κ2) is 6.63. The van der Waals surface area contributed by atoms with Gasteiger partial charge in [-0.3, -0.25) is 9.69 Å². The smallest absolute Gasteiger partial charge is 0.216 e. The summed E-state index contributed by atoms with van der Waals surface area (Å²) in [6, 6.07) is 6.55. The van der Waals surface area contributed by atoms with Gasteiger partial charge in [0.15, 0.2) is 0 Å². The Balaban J connectivity index is 1.83. The van der Waals surface area contributed by atoms with E-state index in [0.29, 0.717) is 13.2 Å². The van der Waals surface area contributed by atoms with Crippen LogP contribution in [-0.4, -0.2) is 43.2 Å². The zero-order valence-electron chi connectivity index (χ0n) is 11.1. The van der Waals surface area contributed by atoms with E-state index in [4.69, 9.17) is 4.74 Å². The van der Waals surface area contributed by atoms with Crippen molar-refractivity contribution < 1.29 is 13.9 Å². The first kappa shape index (κ1) is 14.0. The first-order valence-electron chi connectivity index (χ1n) is 6.46. The van der Waals surface area contributed by atoms with Crippen LogP contribution in [0.15, 0.2) is 24.3 Å². The van der Waals surface area contributed by atoms with Gasteiger partial charge >= 0.3 is 0 Å². The Morgan fingerprint density at radius 3 is 2.89 bits per heavy atom. The molecule has 4 nitrogen and oxygen atoms in total. The molecule has 1 fully saturated rings. The molecular weight excluding hydrogens is 247 g/mol. The number of morpholine rings is 1. The van der Waals surface area contributed by atoms with Gasteiger partial charge in [-0.2, -0.15) is 0 Å². The lowest BCUT2D eigenvalue weighted by molar-refractivity contribution is -0.120. The monoisotopic (exact) mass is 266 g/mol. The van der Waals surface area contributed by atoms with Crippen LogP contribution in [0.2, 0.25) is 0 Å². The SMILES string of the molecule is CC(=O)NC[C@@H]1CN(Cc2ccc(F)cc2)CCO1. The summed E-state index contributed by atoms with van der Waals surface area (Å²) in [7, 11) is 0. The van der Waals surface area contributed by atoms with Crippen LogP contribution in [0.4, 0.5) is 4.39 Å². The zero-order valence-corrected chi connectivity index (χ0v) is 11.1. The number of hydrogen-bond acceptors (Lipinski definition) is 3. The second-order valence-corrected chi connectivity index (χ2v) is 4.79. The average molecular weight is 266 g/mol. The molecule has 0 saturated carbocycles. The van der Waals surface area contributed by atoms with Crippen LogP contribution in [0.25, 0.3) is 0 Å². The molecule has 0 unspecified atom stereocenters. The molecule has 5 heteroatoms. The van der Waals surface area contributed by atoms with Crippen molar-refractivity contribution in [1.29, 1.82) is 0 Å². The first-order chi connectivity index (χ1) is 9.13. The highest BCUT2D eigenvalue weighted by Gasteiger charge is 2.20. The number of carbonyl (C=O) groups excluding carboxylic acids is 1. The number of nitrogens with zero attached hydrogens (tertiary/aromatic N) is 1. The Labute approximate surface area is 112 Å². The van der Waals surface area contributed by atoms with Crippen molar-refractivity contribution in [3.8, 4) is 0 Å². The minimum absolute atomic E-state index is 0.0260. The van der Waals surface area contributed by atoms with Gasteiger partial charge in [-0.25, -0.2) is 4.39 Å². The molecule has 1 atom stereocenters. The normalized spacial score (nSPS) is 20.2. The Morgan fingerprint density at radius 2 is 2.21 bits per heavy atom. The fourth-order valence-corrected chi connectivity index (χ4v) is 2.15. The van der Waals surface area contributed by atoms with Gasteiger partial charge in [0.05, 0.1) is 12.7 Å². The third-order valence-corrected chi connectivity index (χ3v) is 3.12. The van der Waals surface area contributed by atoms with Gasteiger partial charge in [-0.05, 0) is 17.7 Å². The average Bonchev–Trinajstić information content (AvgIpc) is 2.40. The van der Waals surface area contributed by atoms with E-state index in [2.05, 4.69) is 10.2 Å². The van der Waals surface area contributed by atoms with Crippen molar-refractivity contribution in [2.45, 2.75) is 19.6 Å². The molecule has 0 bridgehead atoms. The number of nitrogens with one attached hydrogen (secondary N) is 1. The van der Waals surface area contributed by atoms with Crippen molar-refractivity contribution in [1.82, 2.24) is 10.2 Å². The molecule has 1 aliphatic heterocycles. The fourth-order valence-electron chi connectivity index (χ4n) is 2.15. The van der Waals surface area contributed by atoms with E-state index in [1.54, 1.807) is 12.1 Å². The summed E-state index contributed by atoms with van der Waals surface area (Å²) in [6.45, 7) is 5.10. The molecule has 0 spiro atoms. The molecular formula is C14H19FN2O2. The van der Waals surface area contributed by atoms with E-state index in [1.165, 1.54) is 19.1 Å². The summed E-state index contributed by atoms with van der Waals surface area (Å²) >= 11 is 0. The van der Waals surface area contributed by atoms with Crippen molar-refractivity contribution in [3.05, 3.63) is 35.6 Å². The van der Waals surface area contributed by atoms with Crippen LogP contribution in [0.3, 0.4) is 0 Å². The maximum atomic E-state index is 12.8. The summed E-state index contributed by atoms with van der Waals surface area (Å²) in [6.07, 6.45) is 0.0260. The third-order valence-electron chi connectivity index (χ3n) is 3.12. The van der Waals surface area contributed by atoms with E-state index < -0.39 is 0 Å². The van der Waals surface area contributed by atoms with Crippen LogP contribution in [-0.2, 0) is 16.1 Å². The highest BCUT2D eigenvalue weighted by Crippen LogP contribution is 2.11. The summed E-state index contributed by atoms with van der Waals surface area (Å²) in [5.41, 5.74) is 1.08. The van der Waals surface area contributed by atoms with E-state index in [1.807, 2.05) is 0 Å². The lowest BCUT2D eigenvalue weighted by atomic mass is 10.2. The lowest BCUT2D eigenvalue weighted by Crippen LogP contribution is -2.46. The van der Waals surface area contributed by atoms with Crippen LogP contribution in [0.5, 0.6) is 0 Å². The molecule has 1 N–H and O–H groups in total. The predicted molar refractivity (Wildman–Crippen MR) is 70.1 cm³/mol. The van der Waals surface area contributed by atoms with Crippen molar-refractivity contribution in [3.63, 3.8) is 0 Å². The van der Waals surface area contributed by atoms with Crippen LogP contribution in [0.1, 0.15) is 12.5 Å². The fraction of sp³-hybridized carbons (Fsp3) is 0.500. The van der Waals surface area contributed by atoms with Gasteiger partial charge in [0.1, 0.15) is 5.82 Å². The van der Waals surface area contributed by atoms with E-state index in [0.717, 1.165) is 25.2 Å². The molecule has 0 radical (unpaired) electrons. The molecule has 1 amide bonds. The topological polar surface area (TPSA) is 41.6 Å². The lowest BCUT2D eigenvalue weighted by Gasteiger charge is -2.33. The molecule has 1 aromatic rings. The minimum atomic E-state index is -0.214. The maximum absolute atomic E-state index is 12.8. The first-order valence-corrected chi connectivity index (χ1v) is 6.46. The third kappa shape index (κ3) is 4.61. The van der Waals surface area contributed by atoms with E-state index in [9.17, 15) is 9.18 Å². The largest absolute Gasteiger partial charge is 0.374 e. The quantitative estimate of drug-likeness (QED) is 0.889. The Morgan fingerprint density at radius 1 is 1.47 bits per heavy atom. The van der Waals surface area contributed by atoms with Crippen LogP contribution < -0.4 is 5.32 Å². The molecule has 1 aromatic carbocycles. The van der Waals surface area contributed by atoms with Gasteiger partial charge in [-0.15, -0.1) is 0 Å². The van der Waals surface area contributed by atoms with Gasteiger partial charge in [0, 0.05) is 33.1 Å². The maximum Gasteiger partial charge on any atom is 0.216 e. The predicted octanol–water partition coefficient (Wildman–Crippen LogP) is 1.16. The number of rotatable bonds is 4. The Bertz CT molecular complexity index is 422. The molecule has 1 heterocycles. The van der Waals surface area contributed by atoms with Crippen LogP contribution in [0, 0.1) is 5.82 Å². The molecule has 1 saturated heterocycles. The number of hydrogen-bond donors (Lipinski definition) is 1. The summed E-state index contributed by atoms with van der Waals surface area (Å²) in [4.78, 5) is 13.1. The summed E-state index contributed by atoms with van der Waals surface area (Å²) in [5.74, 6) is -0.256. The van der Waals surface area contributed by atoms with Crippen molar-refractivity contribution >= 4 is 5.91 Å². The highest BCUT2D eigenvalue weighted by atomic mass is 19.1. The number of carbonyl (C=O) groups is 1. The molecule has 0 aromatic heterocycles. The second-order valence-electron chi connectivity index (χ2n) is 4.79. The number of halogens is 1. The van der Waals surface area contributed by atoms with Gasteiger partial charge in [0.25, 0.3) is 0 Å². The molecule has 19 heavy (non-hydrogen) atoms. The molecule has 1 aliphatic rings. The van der Waals surface area contributed by atoms with Gasteiger partial charge in [0.2, 0.25) is 5.91 Å². The van der Waals surface area contributed by atoms with Crippen LogP contribution >= 0.6 is 0 Å². The Hall–Kier alpha value is -1.46. The Kier molecular flexibility index (Phi) is 4.87. The number of benzene rings is 1. The number of amides is 1. The molecule has 2 rings (SSSR count). The van der Waals surface area contributed by atoms with Gasteiger partial charge < -0.3 is 10.1 Å². The molecule has 104 valence electrons. The van der Waals surface area contributed by atoms with E-state index >= 15 is 0 Å². The van der Waals surface area contributed by atoms with Crippen molar-refractivity contribution in [2.24, 2.45) is 0 Å². The van der Waals surface area contributed by atoms with Crippen molar-refractivity contribution in [2.75, 3.05) is 26.2 Å². The van der Waals surface area contributed by atoms with Gasteiger partial charge in [-0.1, -0.05) is 12.1 Å². The summed E-state index contributed by atoms with van der Waals surface area (Å²) in [5, 5.41) is 2.77. The van der Waals surface area contributed by atoms with E-state index in [-0.39, 0.29) is 17.8 Å². The number of ether oxygens (including phenoxy) is 1. The minimum Gasteiger partial charge on any atom is -0.374 e.